The molecule has 2 nitrogen and oxygen atoms in total. The largest absolute Gasteiger partial charge is 0.469 e. The molecule has 0 radical (unpaired) electrons. The van der Waals surface area contributed by atoms with E-state index in [-0.39, 0.29) is 11.9 Å². The van der Waals surface area contributed by atoms with Crippen LogP contribution in [0.15, 0.2) is 0 Å². The standard InChI is InChI=1S/C14H27Cl3O2Si/c1-3-13(14(18)19-2)11-9-7-5-4-6-8-10-12-20(15,16)17/h13H,3-12H2,1-2H3. The molecule has 0 rings (SSSR count). The molecule has 20 heavy (non-hydrogen) atoms. The third-order valence-electron chi connectivity index (χ3n) is 3.54. The Morgan fingerprint density at radius 2 is 1.50 bits per heavy atom. The van der Waals surface area contributed by atoms with E-state index in [9.17, 15) is 4.79 Å². The van der Waals surface area contributed by atoms with Crippen molar-refractivity contribution in [3.8, 4) is 0 Å². The second kappa shape index (κ2) is 12.1. The topological polar surface area (TPSA) is 26.3 Å². The fourth-order valence-corrected chi connectivity index (χ4v) is 4.11. The first kappa shape index (κ1) is 20.6. The summed E-state index contributed by atoms with van der Waals surface area (Å²) < 4.78 is 4.79. The minimum absolute atomic E-state index is 0.0663. The van der Waals surface area contributed by atoms with E-state index in [4.69, 9.17) is 38.0 Å². The predicted octanol–water partition coefficient (Wildman–Crippen LogP) is 5.96. The molecular formula is C14H27Cl3O2Si. The fraction of sp³-hybridized carbons (Fsp3) is 0.929. The van der Waals surface area contributed by atoms with Gasteiger partial charge in [-0.05, 0) is 18.9 Å². The number of hydrogen-bond donors (Lipinski definition) is 0. The summed E-state index contributed by atoms with van der Waals surface area (Å²) in [7, 11) is 1.46. The lowest BCUT2D eigenvalue weighted by Gasteiger charge is -2.11. The van der Waals surface area contributed by atoms with Crippen LogP contribution in [0.3, 0.4) is 0 Å². The zero-order chi connectivity index (χ0) is 15.4. The van der Waals surface area contributed by atoms with Crippen LogP contribution in [0.25, 0.3) is 0 Å². The summed E-state index contributed by atoms with van der Waals surface area (Å²) in [4.78, 5) is 11.4. The monoisotopic (exact) mass is 360 g/mol. The molecule has 6 heteroatoms. The van der Waals surface area contributed by atoms with Crippen LogP contribution in [0, 0.1) is 5.92 Å². The molecule has 120 valence electrons. The average molecular weight is 362 g/mol. The van der Waals surface area contributed by atoms with Gasteiger partial charge in [-0.25, -0.2) is 0 Å². The number of ether oxygens (including phenoxy) is 1. The minimum Gasteiger partial charge on any atom is -0.469 e. The van der Waals surface area contributed by atoms with E-state index >= 15 is 0 Å². The van der Waals surface area contributed by atoms with Crippen LogP contribution >= 0.6 is 33.2 Å². The van der Waals surface area contributed by atoms with Crippen molar-refractivity contribution in [1.82, 2.24) is 0 Å². The van der Waals surface area contributed by atoms with E-state index in [1.807, 2.05) is 6.92 Å². The Balaban J connectivity index is 3.38. The molecule has 0 saturated carbocycles. The molecule has 0 amide bonds. The van der Waals surface area contributed by atoms with Gasteiger partial charge in [0.2, 0.25) is 0 Å². The van der Waals surface area contributed by atoms with Crippen LogP contribution in [-0.4, -0.2) is 19.1 Å². The highest BCUT2D eigenvalue weighted by atomic mass is 35.8. The molecule has 0 aliphatic heterocycles. The lowest BCUT2D eigenvalue weighted by molar-refractivity contribution is -0.145. The third-order valence-corrected chi connectivity index (χ3v) is 6.16. The Morgan fingerprint density at radius 1 is 1.00 bits per heavy atom. The molecule has 0 spiro atoms. The van der Waals surface area contributed by atoms with Gasteiger partial charge in [-0.2, -0.15) is 0 Å². The van der Waals surface area contributed by atoms with Gasteiger partial charge in [-0.15, -0.1) is 33.2 Å². The van der Waals surface area contributed by atoms with Gasteiger partial charge in [0.25, 0.3) is 0 Å². The molecule has 0 aromatic heterocycles. The highest BCUT2D eigenvalue weighted by Crippen LogP contribution is 2.27. The number of carbonyl (C=O) groups excluding carboxylic acids is 1. The van der Waals surface area contributed by atoms with Crippen molar-refractivity contribution in [2.24, 2.45) is 5.92 Å². The Bertz CT molecular complexity index is 257. The lowest BCUT2D eigenvalue weighted by Crippen LogP contribution is -2.15. The number of unbranched alkanes of at least 4 members (excludes halogenated alkanes) is 6. The van der Waals surface area contributed by atoms with Gasteiger partial charge in [-0.3, -0.25) is 4.79 Å². The van der Waals surface area contributed by atoms with Gasteiger partial charge in [0, 0.05) is 0 Å². The minimum atomic E-state index is -2.40. The fourth-order valence-electron chi connectivity index (χ4n) is 2.26. The molecule has 1 unspecified atom stereocenters. The van der Waals surface area contributed by atoms with Gasteiger partial charge >= 0.3 is 12.0 Å². The quantitative estimate of drug-likeness (QED) is 0.185. The molecule has 1 atom stereocenters. The maximum atomic E-state index is 11.4. The number of esters is 1. The zero-order valence-electron chi connectivity index (χ0n) is 12.6. The second-order valence-electron chi connectivity index (χ2n) is 5.26. The summed E-state index contributed by atoms with van der Waals surface area (Å²) in [6.07, 6.45) is 9.96. The van der Waals surface area contributed by atoms with Crippen molar-refractivity contribution in [1.29, 1.82) is 0 Å². The zero-order valence-corrected chi connectivity index (χ0v) is 15.9. The Kier molecular flexibility index (Phi) is 12.5. The summed E-state index contributed by atoms with van der Waals surface area (Å²) in [5.74, 6) is 0.0117. The van der Waals surface area contributed by atoms with E-state index < -0.39 is 6.00 Å². The van der Waals surface area contributed by atoms with E-state index in [1.54, 1.807) is 0 Å². The van der Waals surface area contributed by atoms with Gasteiger partial charge < -0.3 is 4.74 Å². The maximum absolute atomic E-state index is 11.4. The van der Waals surface area contributed by atoms with Crippen LogP contribution < -0.4 is 0 Å². The first-order chi connectivity index (χ1) is 9.40. The lowest BCUT2D eigenvalue weighted by atomic mass is 9.98. The van der Waals surface area contributed by atoms with Crippen molar-refractivity contribution in [3.05, 3.63) is 0 Å². The first-order valence-electron chi connectivity index (χ1n) is 7.55. The molecule has 0 aliphatic carbocycles. The molecule has 0 N–H and O–H groups in total. The molecule has 0 fully saturated rings. The molecule has 0 heterocycles. The van der Waals surface area contributed by atoms with Gasteiger partial charge in [0.1, 0.15) is 0 Å². The maximum Gasteiger partial charge on any atom is 0.341 e. The van der Waals surface area contributed by atoms with Crippen molar-refractivity contribution in [3.63, 3.8) is 0 Å². The number of carbonyl (C=O) groups is 1. The van der Waals surface area contributed by atoms with Crippen LogP contribution in [-0.2, 0) is 9.53 Å². The Hall–Kier alpha value is 0.557. The van der Waals surface area contributed by atoms with Crippen LogP contribution in [0.4, 0.5) is 0 Å². The van der Waals surface area contributed by atoms with E-state index in [0.717, 1.165) is 38.1 Å². The third kappa shape index (κ3) is 12.3. The van der Waals surface area contributed by atoms with Crippen molar-refractivity contribution in [2.45, 2.75) is 70.8 Å². The summed E-state index contributed by atoms with van der Waals surface area (Å²) in [5.41, 5.74) is 0. The van der Waals surface area contributed by atoms with E-state index in [2.05, 4.69) is 0 Å². The van der Waals surface area contributed by atoms with Crippen LogP contribution in [0.2, 0.25) is 6.04 Å². The average Bonchev–Trinajstić information content (AvgIpc) is 2.39. The van der Waals surface area contributed by atoms with Gasteiger partial charge in [-0.1, -0.05) is 51.9 Å². The normalized spacial score (nSPS) is 13.2. The first-order valence-corrected chi connectivity index (χ1v) is 12.8. The predicted molar refractivity (Wildman–Crippen MR) is 90.9 cm³/mol. The van der Waals surface area contributed by atoms with Crippen LogP contribution in [0.5, 0.6) is 0 Å². The number of rotatable bonds is 12. The molecular weight excluding hydrogens is 335 g/mol. The van der Waals surface area contributed by atoms with E-state index in [0.29, 0.717) is 0 Å². The van der Waals surface area contributed by atoms with Crippen molar-refractivity contribution >= 4 is 45.2 Å². The second-order valence-corrected chi connectivity index (χ2v) is 14.5. The number of halogens is 3. The number of hydrogen-bond acceptors (Lipinski definition) is 2. The summed E-state index contributed by atoms with van der Waals surface area (Å²) in [6.45, 7) is 2.04. The summed E-state index contributed by atoms with van der Waals surface area (Å²) >= 11 is 17.5. The Morgan fingerprint density at radius 3 is 1.95 bits per heavy atom. The van der Waals surface area contributed by atoms with Crippen molar-refractivity contribution in [2.75, 3.05) is 7.11 Å². The molecule has 0 bridgehead atoms. The van der Waals surface area contributed by atoms with E-state index in [1.165, 1.54) is 32.8 Å². The molecule has 0 aliphatic rings. The Labute approximate surface area is 138 Å². The van der Waals surface area contributed by atoms with Gasteiger partial charge in [0.05, 0.1) is 13.0 Å². The summed E-state index contributed by atoms with van der Waals surface area (Å²) in [6, 6.07) is -1.62. The SMILES string of the molecule is CCC(CCCCCCCCC[Si](Cl)(Cl)Cl)C(=O)OC. The highest BCUT2D eigenvalue weighted by molar-refractivity contribution is 7.64. The van der Waals surface area contributed by atoms with Gasteiger partial charge in [0.15, 0.2) is 0 Å². The smallest absolute Gasteiger partial charge is 0.341 e. The van der Waals surface area contributed by atoms with Crippen LogP contribution in [0.1, 0.15) is 64.7 Å². The molecule has 0 aromatic rings. The molecule has 0 saturated heterocycles. The van der Waals surface area contributed by atoms with Crippen molar-refractivity contribution < 1.29 is 9.53 Å². The molecule has 0 aromatic carbocycles. The highest BCUT2D eigenvalue weighted by Gasteiger charge is 2.23. The summed E-state index contributed by atoms with van der Waals surface area (Å²) in [5, 5.41) is 0. The number of methoxy groups -OCH3 is 1.